The minimum absolute atomic E-state index is 0.0514. The third-order valence-electron chi connectivity index (χ3n) is 5.97. The van der Waals surface area contributed by atoms with Crippen molar-refractivity contribution >= 4 is 35.2 Å². The summed E-state index contributed by atoms with van der Waals surface area (Å²) < 4.78 is 13.4. The normalized spacial score (nSPS) is 14.8. The molecule has 1 aliphatic rings. The highest BCUT2D eigenvalue weighted by Gasteiger charge is 2.30. The van der Waals surface area contributed by atoms with E-state index in [4.69, 9.17) is 11.6 Å². The molecule has 2 aromatic rings. The van der Waals surface area contributed by atoms with Gasteiger partial charge in [-0.05, 0) is 73.4 Å². The predicted molar refractivity (Wildman–Crippen MR) is 133 cm³/mol. The minimum Gasteiger partial charge on any atom is -0.352 e. The molecule has 0 spiro atoms. The van der Waals surface area contributed by atoms with Crippen LogP contribution in [-0.2, 0) is 16.1 Å². The van der Waals surface area contributed by atoms with Crippen molar-refractivity contribution in [3.8, 4) is 0 Å². The summed E-state index contributed by atoms with van der Waals surface area (Å²) in [5.41, 5.74) is 0.812. The van der Waals surface area contributed by atoms with E-state index in [1.807, 2.05) is 31.2 Å². The number of nitrogens with one attached hydrogen (secondary N) is 1. The third kappa shape index (κ3) is 8.04. The maximum atomic E-state index is 13.4. The Bertz CT molecular complexity index is 902. The van der Waals surface area contributed by atoms with Gasteiger partial charge in [-0.2, -0.15) is 0 Å². The first-order chi connectivity index (χ1) is 16.0. The van der Waals surface area contributed by atoms with Crippen LogP contribution in [0.15, 0.2) is 53.4 Å². The molecule has 0 unspecified atom stereocenters. The number of rotatable bonds is 11. The summed E-state index contributed by atoms with van der Waals surface area (Å²) in [5, 5.41) is 3.85. The van der Waals surface area contributed by atoms with Gasteiger partial charge in [0.2, 0.25) is 11.8 Å². The second-order valence-corrected chi connectivity index (χ2v) is 10.1. The fourth-order valence-electron chi connectivity index (χ4n) is 4.16. The Morgan fingerprint density at radius 1 is 1.12 bits per heavy atom. The van der Waals surface area contributed by atoms with Gasteiger partial charge >= 0.3 is 0 Å². The molecule has 3 rings (SSSR count). The average molecular weight is 491 g/mol. The Morgan fingerprint density at radius 3 is 2.42 bits per heavy atom. The molecular formula is C26H32ClFN2O2S. The lowest BCUT2D eigenvalue weighted by Gasteiger charge is -2.31. The van der Waals surface area contributed by atoms with E-state index in [0.717, 1.165) is 41.9 Å². The lowest BCUT2D eigenvalue weighted by Crippen LogP contribution is -2.50. The molecule has 33 heavy (non-hydrogen) atoms. The van der Waals surface area contributed by atoms with Crippen molar-refractivity contribution in [2.75, 3.05) is 5.75 Å². The summed E-state index contributed by atoms with van der Waals surface area (Å²) in [7, 11) is 0. The van der Waals surface area contributed by atoms with Gasteiger partial charge in [0.15, 0.2) is 0 Å². The van der Waals surface area contributed by atoms with E-state index in [9.17, 15) is 14.0 Å². The van der Waals surface area contributed by atoms with Gasteiger partial charge in [-0.15, -0.1) is 11.8 Å². The first-order valence-corrected chi connectivity index (χ1v) is 13.0. The van der Waals surface area contributed by atoms with Crippen LogP contribution in [0.1, 0.15) is 57.4 Å². The van der Waals surface area contributed by atoms with E-state index < -0.39 is 6.04 Å². The van der Waals surface area contributed by atoms with Gasteiger partial charge in [0.25, 0.3) is 0 Å². The van der Waals surface area contributed by atoms with Gasteiger partial charge in [-0.3, -0.25) is 9.59 Å². The summed E-state index contributed by atoms with van der Waals surface area (Å²) in [6, 6.07) is 13.4. The summed E-state index contributed by atoms with van der Waals surface area (Å²) in [5.74, 6) is 0.338. The number of hydrogen-bond donors (Lipinski definition) is 1. The first kappa shape index (κ1) is 25.6. The second-order valence-electron chi connectivity index (χ2n) is 8.47. The van der Waals surface area contributed by atoms with Gasteiger partial charge in [0.1, 0.15) is 11.9 Å². The zero-order chi connectivity index (χ0) is 23.6. The summed E-state index contributed by atoms with van der Waals surface area (Å²) >= 11 is 7.61. The van der Waals surface area contributed by atoms with Crippen molar-refractivity contribution in [1.82, 2.24) is 10.2 Å². The topological polar surface area (TPSA) is 49.4 Å². The number of hydrogen-bond acceptors (Lipinski definition) is 3. The van der Waals surface area contributed by atoms with Gasteiger partial charge < -0.3 is 10.2 Å². The number of carbonyl (C=O) groups is 2. The maximum Gasteiger partial charge on any atom is 0.243 e. The van der Waals surface area contributed by atoms with Crippen molar-refractivity contribution in [1.29, 1.82) is 0 Å². The third-order valence-corrected chi connectivity index (χ3v) is 7.32. The van der Waals surface area contributed by atoms with Crippen LogP contribution in [0, 0.1) is 5.82 Å². The van der Waals surface area contributed by atoms with E-state index in [-0.39, 0.29) is 23.7 Å². The second kappa shape index (κ2) is 13.0. The molecule has 0 aromatic heterocycles. The van der Waals surface area contributed by atoms with E-state index in [1.54, 1.807) is 28.8 Å². The van der Waals surface area contributed by atoms with Crippen LogP contribution in [0.2, 0.25) is 5.02 Å². The van der Waals surface area contributed by atoms with Crippen molar-refractivity contribution in [3.05, 3.63) is 64.9 Å². The highest BCUT2D eigenvalue weighted by molar-refractivity contribution is 7.99. The fourth-order valence-corrected chi connectivity index (χ4v) is 5.14. The van der Waals surface area contributed by atoms with E-state index >= 15 is 0 Å². The Morgan fingerprint density at radius 2 is 1.79 bits per heavy atom. The van der Waals surface area contributed by atoms with E-state index in [1.165, 1.54) is 12.1 Å². The molecule has 178 valence electrons. The zero-order valence-corrected chi connectivity index (χ0v) is 20.6. The molecule has 1 aliphatic carbocycles. The number of halogens is 2. The molecule has 1 N–H and O–H groups in total. The molecular weight excluding hydrogens is 459 g/mol. The maximum absolute atomic E-state index is 13.4. The quantitative estimate of drug-likeness (QED) is 0.300. The number of thioether (sulfide) groups is 1. The van der Waals surface area contributed by atoms with Crippen LogP contribution in [0.5, 0.6) is 0 Å². The van der Waals surface area contributed by atoms with Crippen LogP contribution in [0.3, 0.4) is 0 Å². The van der Waals surface area contributed by atoms with Crippen LogP contribution < -0.4 is 5.32 Å². The molecule has 2 amide bonds. The Balaban J connectivity index is 1.63. The molecule has 1 fully saturated rings. The number of benzene rings is 2. The van der Waals surface area contributed by atoms with Crippen molar-refractivity contribution in [2.45, 2.75) is 75.4 Å². The molecule has 0 saturated heterocycles. The van der Waals surface area contributed by atoms with E-state index in [0.29, 0.717) is 30.8 Å². The number of carbonyl (C=O) groups excluding carboxylic acids is 2. The van der Waals surface area contributed by atoms with Crippen molar-refractivity contribution in [3.63, 3.8) is 0 Å². The van der Waals surface area contributed by atoms with Gasteiger partial charge in [0, 0.05) is 28.9 Å². The van der Waals surface area contributed by atoms with Crippen LogP contribution in [0.25, 0.3) is 0 Å². The highest BCUT2D eigenvalue weighted by atomic mass is 35.5. The minimum atomic E-state index is -0.535. The smallest absolute Gasteiger partial charge is 0.243 e. The summed E-state index contributed by atoms with van der Waals surface area (Å²) in [6.45, 7) is 2.22. The molecule has 0 radical (unpaired) electrons. The lowest BCUT2D eigenvalue weighted by atomic mass is 10.1. The Hall–Kier alpha value is -2.05. The number of amides is 2. The molecule has 0 heterocycles. The Labute approximate surface area is 205 Å². The van der Waals surface area contributed by atoms with Crippen LogP contribution >= 0.6 is 23.4 Å². The van der Waals surface area contributed by atoms with E-state index in [2.05, 4.69) is 5.32 Å². The predicted octanol–water partition coefficient (Wildman–Crippen LogP) is 6.22. The van der Waals surface area contributed by atoms with Gasteiger partial charge in [-0.1, -0.05) is 43.5 Å². The molecule has 2 aromatic carbocycles. The van der Waals surface area contributed by atoms with Crippen molar-refractivity contribution < 1.29 is 14.0 Å². The standard InChI is InChI=1S/C26H32ClFN2O2S/c1-2-24(26(32)29-22-6-3-4-7-22)30(18-19-9-13-21(28)14-10-19)25(31)8-5-17-33-23-15-11-20(27)12-16-23/h9-16,22,24H,2-8,17-18H2,1H3,(H,29,32)/t24-/m1/s1. The average Bonchev–Trinajstić information content (AvgIpc) is 3.32. The lowest BCUT2D eigenvalue weighted by molar-refractivity contribution is -0.141. The molecule has 1 saturated carbocycles. The molecule has 0 aliphatic heterocycles. The van der Waals surface area contributed by atoms with Crippen LogP contribution in [0.4, 0.5) is 4.39 Å². The molecule has 7 heteroatoms. The monoisotopic (exact) mass is 490 g/mol. The molecule has 1 atom stereocenters. The van der Waals surface area contributed by atoms with Gasteiger partial charge in [0.05, 0.1) is 0 Å². The Kier molecular flexibility index (Phi) is 10.1. The largest absolute Gasteiger partial charge is 0.352 e. The van der Waals surface area contributed by atoms with Gasteiger partial charge in [-0.25, -0.2) is 4.39 Å². The molecule has 4 nitrogen and oxygen atoms in total. The summed E-state index contributed by atoms with van der Waals surface area (Å²) in [4.78, 5) is 29.1. The first-order valence-electron chi connectivity index (χ1n) is 11.7. The zero-order valence-electron chi connectivity index (χ0n) is 19.1. The summed E-state index contributed by atoms with van der Waals surface area (Å²) in [6.07, 6.45) is 5.84. The van der Waals surface area contributed by atoms with Crippen molar-refractivity contribution in [2.24, 2.45) is 0 Å². The molecule has 0 bridgehead atoms. The SMILES string of the molecule is CC[C@H](C(=O)NC1CCCC1)N(Cc1ccc(F)cc1)C(=O)CCCSc1ccc(Cl)cc1. The highest BCUT2D eigenvalue weighted by Crippen LogP contribution is 2.23. The fraction of sp³-hybridized carbons (Fsp3) is 0.462. The number of nitrogens with zero attached hydrogens (tertiary/aromatic N) is 1. The van der Waals surface area contributed by atoms with Crippen LogP contribution in [-0.4, -0.2) is 34.6 Å².